The molecule has 2 rings (SSSR count). The Balaban J connectivity index is 2.39. The van der Waals surface area contributed by atoms with Gasteiger partial charge in [0, 0.05) is 23.3 Å². The number of fused-ring (bicyclic) bond motifs is 1. The van der Waals surface area contributed by atoms with E-state index in [1.54, 1.807) is 6.07 Å². The van der Waals surface area contributed by atoms with Crippen LogP contribution in [0, 0.1) is 0 Å². The molecule has 0 fully saturated rings. The van der Waals surface area contributed by atoms with Crippen LogP contribution in [0.1, 0.15) is 43.1 Å². The van der Waals surface area contributed by atoms with Gasteiger partial charge in [0.25, 0.3) is 5.91 Å². The van der Waals surface area contributed by atoms with Crippen LogP contribution in [0.3, 0.4) is 0 Å². The second kappa shape index (κ2) is 5.76. The highest BCUT2D eigenvalue weighted by Crippen LogP contribution is 2.28. The van der Waals surface area contributed by atoms with Crippen LogP contribution in [-0.4, -0.2) is 40.5 Å². The van der Waals surface area contributed by atoms with Crippen molar-refractivity contribution in [2.75, 3.05) is 18.4 Å². The van der Waals surface area contributed by atoms with Crippen LogP contribution in [0.2, 0.25) is 0 Å². The number of aliphatic carboxylic acids is 1. The van der Waals surface area contributed by atoms with Gasteiger partial charge in [0.1, 0.15) is 6.54 Å². The first kappa shape index (κ1) is 15.4. The van der Waals surface area contributed by atoms with E-state index in [2.05, 4.69) is 5.32 Å². The molecule has 2 N–H and O–H groups in total. The highest BCUT2D eigenvalue weighted by molar-refractivity contribution is 5.99. The van der Waals surface area contributed by atoms with E-state index in [1.807, 2.05) is 32.9 Å². The number of rotatable bonds is 3. The van der Waals surface area contributed by atoms with E-state index in [-0.39, 0.29) is 12.5 Å². The second-order valence-corrected chi connectivity index (χ2v) is 6.32. The van der Waals surface area contributed by atoms with Gasteiger partial charge >= 0.3 is 5.97 Å². The molecule has 0 aromatic heterocycles. The van der Waals surface area contributed by atoms with Gasteiger partial charge in [-0.05, 0) is 51.3 Å². The molecule has 0 saturated heterocycles. The number of hydrogen-bond donors (Lipinski definition) is 2. The number of nitrogens with zero attached hydrogens (tertiary/aromatic N) is 1. The van der Waals surface area contributed by atoms with E-state index in [9.17, 15) is 9.59 Å². The maximum atomic E-state index is 12.8. The number of anilines is 1. The number of amides is 1. The highest BCUT2D eigenvalue weighted by Gasteiger charge is 2.31. The minimum absolute atomic E-state index is 0.217. The van der Waals surface area contributed by atoms with Gasteiger partial charge in [0.05, 0.1) is 0 Å². The van der Waals surface area contributed by atoms with Crippen molar-refractivity contribution in [3.05, 3.63) is 29.3 Å². The maximum absolute atomic E-state index is 12.8. The largest absolute Gasteiger partial charge is 0.480 e. The Morgan fingerprint density at radius 3 is 2.67 bits per heavy atom. The zero-order chi connectivity index (χ0) is 15.6. The molecule has 0 spiro atoms. The van der Waals surface area contributed by atoms with Gasteiger partial charge in [-0.3, -0.25) is 9.59 Å². The molecule has 0 unspecified atom stereocenters. The molecule has 0 saturated carbocycles. The van der Waals surface area contributed by atoms with Crippen molar-refractivity contribution in [2.45, 2.75) is 39.2 Å². The predicted octanol–water partition coefficient (Wildman–Crippen LogP) is 2.37. The third-order valence-corrected chi connectivity index (χ3v) is 3.67. The number of benzene rings is 1. The molecule has 114 valence electrons. The van der Waals surface area contributed by atoms with E-state index >= 15 is 0 Å². The molecule has 0 aliphatic carbocycles. The third kappa shape index (κ3) is 3.35. The number of nitrogens with one attached hydrogen (secondary N) is 1. The SMILES string of the molecule is CC(C)(C)N(CC(=O)O)C(=O)c1cccc2c1CCCN2. The molecule has 1 aliphatic rings. The highest BCUT2D eigenvalue weighted by atomic mass is 16.4. The second-order valence-electron chi connectivity index (χ2n) is 6.32. The van der Waals surface area contributed by atoms with Crippen LogP contribution in [0.25, 0.3) is 0 Å². The molecular weight excluding hydrogens is 268 g/mol. The Morgan fingerprint density at radius 1 is 1.33 bits per heavy atom. The van der Waals surface area contributed by atoms with Crippen LogP contribution in [0.5, 0.6) is 0 Å². The molecule has 0 radical (unpaired) electrons. The zero-order valence-corrected chi connectivity index (χ0v) is 12.8. The molecule has 1 amide bonds. The topological polar surface area (TPSA) is 69.6 Å². The normalized spacial score (nSPS) is 14.0. The average molecular weight is 290 g/mol. The van der Waals surface area contributed by atoms with Gasteiger partial charge in [-0.2, -0.15) is 0 Å². The lowest BCUT2D eigenvalue weighted by molar-refractivity contribution is -0.138. The average Bonchev–Trinajstić information content (AvgIpc) is 2.42. The summed E-state index contributed by atoms with van der Waals surface area (Å²) < 4.78 is 0. The van der Waals surface area contributed by atoms with Gasteiger partial charge in [-0.25, -0.2) is 0 Å². The maximum Gasteiger partial charge on any atom is 0.323 e. The Morgan fingerprint density at radius 2 is 2.05 bits per heavy atom. The summed E-state index contributed by atoms with van der Waals surface area (Å²) in [4.78, 5) is 25.3. The Hall–Kier alpha value is -2.04. The van der Waals surface area contributed by atoms with E-state index in [1.165, 1.54) is 4.90 Å². The van der Waals surface area contributed by atoms with Crippen molar-refractivity contribution in [3.63, 3.8) is 0 Å². The summed E-state index contributed by atoms with van der Waals surface area (Å²) in [5, 5.41) is 12.4. The summed E-state index contributed by atoms with van der Waals surface area (Å²) in [5.74, 6) is -1.22. The Kier molecular flexibility index (Phi) is 4.21. The van der Waals surface area contributed by atoms with Crippen molar-refractivity contribution in [1.82, 2.24) is 4.90 Å². The van der Waals surface area contributed by atoms with Gasteiger partial charge in [-0.1, -0.05) is 6.07 Å². The predicted molar refractivity (Wildman–Crippen MR) is 81.7 cm³/mol. The van der Waals surface area contributed by atoms with Crippen LogP contribution in [-0.2, 0) is 11.2 Å². The summed E-state index contributed by atoms with van der Waals surface area (Å²) in [6, 6.07) is 5.59. The van der Waals surface area contributed by atoms with Crippen LogP contribution in [0.15, 0.2) is 18.2 Å². The molecule has 0 atom stereocenters. The monoisotopic (exact) mass is 290 g/mol. The van der Waals surface area contributed by atoms with E-state index < -0.39 is 11.5 Å². The summed E-state index contributed by atoms with van der Waals surface area (Å²) in [5.41, 5.74) is 2.04. The summed E-state index contributed by atoms with van der Waals surface area (Å²) in [6.45, 7) is 6.16. The fraction of sp³-hybridized carbons (Fsp3) is 0.500. The summed E-state index contributed by atoms with van der Waals surface area (Å²) in [6.07, 6.45) is 1.82. The number of carboxylic acid groups (broad SMARTS) is 1. The Labute approximate surface area is 125 Å². The number of carbonyl (C=O) groups is 2. The van der Waals surface area contributed by atoms with Crippen molar-refractivity contribution >= 4 is 17.6 Å². The molecule has 1 heterocycles. The minimum atomic E-state index is -0.999. The van der Waals surface area contributed by atoms with E-state index in [4.69, 9.17) is 5.11 Å². The summed E-state index contributed by atoms with van der Waals surface area (Å²) >= 11 is 0. The van der Waals surface area contributed by atoms with Crippen molar-refractivity contribution in [2.24, 2.45) is 0 Å². The van der Waals surface area contributed by atoms with Crippen LogP contribution < -0.4 is 5.32 Å². The van der Waals surface area contributed by atoms with Gasteiger partial charge in [-0.15, -0.1) is 0 Å². The standard InChI is InChI=1S/C16H22N2O3/c1-16(2,3)18(10-14(19)20)15(21)12-6-4-8-13-11(12)7-5-9-17-13/h4,6,8,17H,5,7,9-10H2,1-3H3,(H,19,20). The van der Waals surface area contributed by atoms with Crippen LogP contribution >= 0.6 is 0 Å². The fourth-order valence-electron chi connectivity index (χ4n) is 2.60. The van der Waals surface area contributed by atoms with Crippen LogP contribution in [0.4, 0.5) is 5.69 Å². The lowest BCUT2D eigenvalue weighted by Crippen LogP contribution is -2.48. The molecule has 1 aromatic rings. The number of hydrogen-bond acceptors (Lipinski definition) is 3. The smallest absolute Gasteiger partial charge is 0.323 e. The van der Waals surface area contributed by atoms with Crippen molar-refractivity contribution < 1.29 is 14.7 Å². The van der Waals surface area contributed by atoms with Crippen molar-refractivity contribution in [1.29, 1.82) is 0 Å². The first-order valence-electron chi connectivity index (χ1n) is 7.20. The van der Waals surface area contributed by atoms with Crippen molar-refractivity contribution in [3.8, 4) is 0 Å². The molecule has 1 aromatic carbocycles. The lowest BCUT2D eigenvalue weighted by Gasteiger charge is -2.35. The molecule has 1 aliphatic heterocycles. The number of carbonyl (C=O) groups excluding carboxylic acids is 1. The zero-order valence-electron chi connectivity index (χ0n) is 12.8. The Bertz CT molecular complexity index is 561. The van der Waals surface area contributed by atoms with Gasteiger partial charge in [0.2, 0.25) is 0 Å². The minimum Gasteiger partial charge on any atom is -0.480 e. The number of carboxylic acids is 1. The summed E-state index contributed by atoms with van der Waals surface area (Å²) in [7, 11) is 0. The molecule has 5 nitrogen and oxygen atoms in total. The fourth-order valence-corrected chi connectivity index (χ4v) is 2.60. The van der Waals surface area contributed by atoms with Gasteiger partial charge in [0.15, 0.2) is 0 Å². The third-order valence-electron chi connectivity index (χ3n) is 3.67. The first-order chi connectivity index (χ1) is 9.80. The van der Waals surface area contributed by atoms with Gasteiger partial charge < -0.3 is 15.3 Å². The molecule has 21 heavy (non-hydrogen) atoms. The molecule has 5 heteroatoms. The molecule has 0 bridgehead atoms. The van der Waals surface area contributed by atoms with E-state index in [0.29, 0.717) is 5.56 Å². The first-order valence-corrected chi connectivity index (χ1v) is 7.20. The lowest BCUT2D eigenvalue weighted by atomic mass is 9.95. The van der Waals surface area contributed by atoms with E-state index in [0.717, 1.165) is 30.6 Å². The quantitative estimate of drug-likeness (QED) is 0.896. The molecular formula is C16H22N2O3.